The number of anilines is 3. The summed E-state index contributed by atoms with van der Waals surface area (Å²) >= 11 is 0. The van der Waals surface area contributed by atoms with Crippen molar-refractivity contribution in [2.24, 2.45) is 0 Å². The molecule has 1 fully saturated rings. The van der Waals surface area contributed by atoms with Crippen molar-refractivity contribution < 1.29 is 9.53 Å². The summed E-state index contributed by atoms with van der Waals surface area (Å²) in [5.41, 5.74) is 2.06. The predicted molar refractivity (Wildman–Crippen MR) is 129 cm³/mol. The van der Waals surface area contributed by atoms with Gasteiger partial charge in [-0.15, -0.1) is 10.2 Å². The number of nitrogens with one attached hydrogen (secondary N) is 1. The summed E-state index contributed by atoms with van der Waals surface area (Å²) in [6, 6.07) is 19.5. The number of carbonyl (C=O) groups excluding carboxylic acids is 1. The van der Waals surface area contributed by atoms with Gasteiger partial charge in [-0.1, -0.05) is 30.3 Å². The molecule has 0 bridgehead atoms. The fraction of sp³-hybridized carbons (Fsp3) is 0.200. The Kier molecular flexibility index (Phi) is 5.72. The number of amides is 1. The molecule has 1 aliphatic heterocycles. The lowest BCUT2D eigenvalue weighted by atomic mass is 10.1. The maximum absolute atomic E-state index is 12.9. The molecule has 1 N–H and O–H groups in total. The molecule has 0 saturated carbocycles. The van der Waals surface area contributed by atoms with Crippen LogP contribution < -0.4 is 19.9 Å². The third-order valence-corrected chi connectivity index (χ3v) is 5.80. The van der Waals surface area contributed by atoms with Gasteiger partial charge >= 0.3 is 0 Å². The highest BCUT2D eigenvalue weighted by Crippen LogP contribution is 2.28. The van der Waals surface area contributed by atoms with E-state index in [1.54, 1.807) is 31.6 Å². The van der Waals surface area contributed by atoms with Gasteiger partial charge in [-0.05, 0) is 24.3 Å². The Balaban J connectivity index is 1.37. The number of aromatic nitrogens is 3. The summed E-state index contributed by atoms with van der Waals surface area (Å²) in [5, 5.41) is 13.3. The molecule has 0 aliphatic carbocycles. The summed E-state index contributed by atoms with van der Waals surface area (Å²) in [4.78, 5) is 21.5. The van der Waals surface area contributed by atoms with Gasteiger partial charge in [0.05, 0.1) is 19.0 Å². The molecule has 2 aromatic carbocycles. The van der Waals surface area contributed by atoms with Crippen molar-refractivity contribution in [3.63, 3.8) is 0 Å². The van der Waals surface area contributed by atoms with E-state index in [4.69, 9.17) is 4.74 Å². The van der Waals surface area contributed by atoms with Crippen molar-refractivity contribution in [1.29, 1.82) is 0 Å². The lowest BCUT2D eigenvalue weighted by Gasteiger charge is -2.37. The Bertz CT molecular complexity index is 1270. The molecule has 33 heavy (non-hydrogen) atoms. The van der Waals surface area contributed by atoms with Crippen LogP contribution in [-0.4, -0.2) is 54.4 Å². The van der Waals surface area contributed by atoms with Crippen LogP contribution in [0.2, 0.25) is 0 Å². The van der Waals surface area contributed by atoms with Gasteiger partial charge in [-0.25, -0.2) is 0 Å². The number of pyridine rings is 1. The summed E-state index contributed by atoms with van der Waals surface area (Å²) < 4.78 is 5.36. The Hall–Kier alpha value is -4.20. The summed E-state index contributed by atoms with van der Waals surface area (Å²) in [6.45, 7) is 3.31. The monoisotopic (exact) mass is 440 g/mol. The third-order valence-electron chi connectivity index (χ3n) is 5.80. The summed E-state index contributed by atoms with van der Waals surface area (Å²) in [7, 11) is 1.68. The quantitative estimate of drug-likeness (QED) is 0.508. The van der Waals surface area contributed by atoms with E-state index < -0.39 is 0 Å². The van der Waals surface area contributed by atoms with Crippen LogP contribution in [0.4, 0.5) is 17.2 Å². The van der Waals surface area contributed by atoms with Gasteiger partial charge in [-0.2, -0.15) is 0 Å². The van der Waals surface area contributed by atoms with E-state index in [1.807, 2.05) is 36.4 Å². The predicted octanol–water partition coefficient (Wildman–Crippen LogP) is 3.61. The van der Waals surface area contributed by atoms with Gasteiger partial charge < -0.3 is 19.9 Å². The van der Waals surface area contributed by atoms with Crippen molar-refractivity contribution in [3.05, 3.63) is 78.8 Å². The minimum atomic E-state index is -0.305. The number of hydrogen-bond acceptors (Lipinski definition) is 7. The maximum Gasteiger partial charge on any atom is 0.276 e. The molecule has 3 heterocycles. The van der Waals surface area contributed by atoms with E-state index in [2.05, 4.69) is 42.4 Å². The zero-order valence-electron chi connectivity index (χ0n) is 18.3. The molecule has 166 valence electrons. The number of piperazine rings is 1. The number of ether oxygens (including phenoxy) is 1. The van der Waals surface area contributed by atoms with Crippen molar-refractivity contribution >= 4 is 33.9 Å². The molecule has 8 nitrogen and oxygen atoms in total. The lowest BCUT2D eigenvalue weighted by molar-refractivity contribution is 0.102. The van der Waals surface area contributed by atoms with Gasteiger partial charge in [0.15, 0.2) is 11.5 Å². The van der Waals surface area contributed by atoms with Crippen LogP contribution in [0.25, 0.3) is 10.8 Å². The normalized spacial score (nSPS) is 13.7. The minimum Gasteiger partial charge on any atom is -0.497 e. The number of carbonyl (C=O) groups is 1. The first kappa shape index (κ1) is 20.7. The average Bonchev–Trinajstić information content (AvgIpc) is 2.89. The van der Waals surface area contributed by atoms with E-state index in [1.165, 1.54) is 0 Å². The second kappa shape index (κ2) is 9.12. The number of hydrogen-bond donors (Lipinski definition) is 1. The Morgan fingerprint density at radius 2 is 1.70 bits per heavy atom. The van der Waals surface area contributed by atoms with Crippen LogP contribution in [0, 0.1) is 0 Å². The van der Waals surface area contributed by atoms with Crippen LogP contribution in [0.3, 0.4) is 0 Å². The van der Waals surface area contributed by atoms with E-state index in [0.29, 0.717) is 11.4 Å². The zero-order chi connectivity index (χ0) is 22.6. The van der Waals surface area contributed by atoms with E-state index in [-0.39, 0.29) is 5.91 Å². The molecular weight excluding hydrogens is 416 g/mol. The van der Waals surface area contributed by atoms with E-state index >= 15 is 0 Å². The first-order valence-electron chi connectivity index (χ1n) is 10.8. The molecule has 5 rings (SSSR count). The van der Waals surface area contributed by atoms with Crippen LogP contribution in [0.15, 0.2) is 73.1 Å². The fourth-order valence-electron chi connectivity index (χ4n) is 4.10. The molecule has 0 atom stereocenters. The first-order valence-corrected chi connectivity index (χ1v) is 10.8. The van der Waals surface area contributed by atoms with Gasteiger partial charge in [0.2, 0.25) is 0 Å². The number of benzene rings is 2. The Morgan fingerprint density at radius 3 is 2.45 bits per heavy atom. The second-order valence-electron chi connectivity index (χ2n) is 7.79. The fourth-order valence-corrected chi connectivity index (χ4v) is 4.10. The van der Waals surface area contributed by atoms with Crippen molar-refractivity contribution in [1.82, 2.24) is 15.2 Å². The first-order chi connectivity index (χ1) is 16.2. The third kappa shape index (κ3) is 4.27. The number of methoxy groups -OCH3 is 1. The SMILES string of the molecule is COc1cccc(N2CCN(c3nnc(C(=O)Nc4cccnc4)c4ccccc34)CC2)c1. The van der Waals surface area contributed by atoms with Crippen LogP contribution in [0.1, 0.15) is 10.5 Å². The highest BCUT2D eigenvalue weighted by atomic mass is 16.5. The molecule has 1 aliphatic rings. The topological polar surface area (TPSA) is 83.5 Å². The molecule has 2 aromatic heterocycles. The molecule has 8 heteroatoms. The van der Waals surface area contributed by atoms with Crippen molar-refractivity contribution in [2.75, 3.05) is 48.4 Å². The Labute approximate surface area is 191 Å². The zero-order valence-corrected chi connectivity index (χ0v) is 18.3. The molecule has 0 unspecified atom stereocenters. The van der Waals surface area contributed by atoms with Crippen LogP contribution >= 0.6 is 0 Å². The van der Waals surface area contributed by atoms with E-state index in [0.717, 1.165) is 54.2 Å². The highest BCUT2D eigenvalue weighted by molar-refractivity contribution is 6.12. The van der Waals surface area contributed by atoms with E-state index in [9.17, 15) is 4.79 Å². The average molecular weight is 441 g/mol. The smallest absolute Gasteiger partial charge is 0.276 e. The molecule has 0 spiro atoms. The molecule has 1 saturated heterocycles. The standard InChI is InChI=1S/C25H24N6O2/c1-33-20-8-4-7-19(16-20)30-12-14-31(15-13-30)24-22-10-3-2-9-21(22)23(28-29-24)25(32)27-18-6-5-11-26-17-18/h2-11,16-17H,12-15H2,1H3,(H,27,32). The van der Waals surface area contributed by atoms with Crippen molar-refractivity contribution in [3.8, 4) is 5.75 Å². The number of fused-ring (bicyclic) bond motifs is 1. The van der Waals surface area contributed by atoms with Crippen molar-refractivity contribution in [2.45, 2.75) is 0 Å². The Morgan fingerprint density at radius 1 is 0.909 bits per heavy atom. The molecular formula is C25H24N6O2. The number of rotatable bonds is 5. The second-order valence-corrected chi connectivity index (χ2v) is 7.79. The largest absolute Gasteiger partial charge is 0.497 e. The highest BCUT2D eigenvalue weighted by Gasteiger charge is 2.23. The summed E-state index contributed by atoms with van der Waals surface area (Å²) in [5.74, 6) is 1.35. The van der Waals surface area contributed by atoms with Crippen LogP contribution in [0.5, 0.6) is 5.75 Å². The molecule has 0 radical (unpaired) electrons. The van der Waals surface area contributed by atoms with Gasteiger partial charge in [0.25, 0.3) is 5.91 Å². The molecule has 1 amide bonds. The van der Waals surface area contributed by atoms with Gasteiger partial charge in [0, 0.05) is 54.9 Å². The molecule has 4 aromatic rings. The lowest BCUT2D eigenvalue weighted by Crippen LogP contribution is -2.47. The van der Waals surface area contributed by atoms with Crippen LogP contribution in [-0.2, 0) is 0 Å². The van der Waals surface area contributed by atoms with Gasteiger partial charge in [0.1, 0.15) is 5.75 Å². The summed E-state index contributed by atoms with van der Waals surface area (Å²) in [6.07, 6.45) is 3.26. The maximum atomic E-state index is 12.9. The van der Waals surface area contributed by atoms with Gasteiger partial charge in [-0.3, -0.25) is 9.78 Å². The minimum absolute atomic E-state index is 0.299. The number of nitrogens with zero attached hydrogens (tertiary/aromatic N) is 5.